The number of nitrogens with zero attached hydrogens (tertiary/aromatic N) is 1. The number of hydrogen-bond donors (Lipinski definition) is 2. The van der Waals surface area contributed by atoms with E-state index >= 15 is 0 Å². The molecule has 1 unspecified atom stereocenters. The number of anilines is 1. The number of esters is 1. The first kappa shape index (κ1) is 29.7. The lowest BCUT2D eigenvalue weighted by molar-refractivity contribution is -0.143. The molecule has 3 aromatic carbocycles. The summed E-state index contributed by atoms with van der Waals surface area (Å²) in [6.07, 6.45) is 0. The van der Waals surface area contributed by atoms with E-state index in [9.17, 15) is 18.0 Å². The van der Waals surface area contributed by atoms with E-state index in [0.29, 0.717) is 22.6 Å². The number of aryl methyl sites for hydroxylation is 2. The first-order valence-corrected chi connectivity index (χ1v) is 15.0. The molecule has 222 valence electrons. The van der Waals surface area contributed by atoms with Crippen LogP contribution < -0.4 is 10.0 Å². The molecule has 0 radical (unpaired) electrons. The van der Waals surface area contributed by atoms with E-state index in [1.165, 1.54) is 19.2 Å². The van der Waals surface area contributed by atoms with Crippen LogP contribution in [0.3, 0.4) is 0 Å². The van der Waals surface area contributed by atoms with Crippen LogP contribution in [0.1, 0.15) is 35.7 Å². The lowest BCUT2D eigenvalue weighted by Gasteiger charge is -2.19. The molecule has 0 aliphatic carbocycles. The minimum Gasteiger partial charge on any atom is -0.468 e. The van der Waals surface area contributed by atoms with E-state index in [0.717, 1.165) is 27.8 Å². The van der Waals surface area contributed by atoms with Gasteiger partial charge in [0.05, 0.1) is 17.7 Å². The smallest absolute Gasteiger partial charge is 0.324 e. The predicted molar refractivity (Wildman–Crippen MR) is 162 cm³/mol. The van der Waals surface area contributed by atoms with Crippen molar-refractivity contribution < 1.29 is 31.7 Å². The number of furan rings is 1. The van der Waals surface area contributed by atoms with Gasteiger partial charge in [0, 0.05) is 28.3 Å². The van der Waals surface area contributed by atoms with Crippen LogP contribution in [0.2, 0.25) is 0 Å². The lowest BCUT2D eigenvalue weighted by atomic mass is 10.0. The lowest BCUT2D eigenvalue weighted by Crippen LogP contribution is -2.44. The van der Waals surface area contributed by atoms with Crippen LogP contribution >= 0.6 is 0 Å². The number of nitrogens with one attached hydrogen (secondary N) is 2. The number of sulfonamides is 1. The fraction of sp³-hybridized carbons (Fsp3) is 0.219. The Morgan fingerprint density at radius 1 is 0.930 bits per heavy atom. The number of hydrogen-bond acceptors (Lipinski definition) is 8. The van der Waals surface area contributed by atoms with Gasteiger partial charge in [-0.1, -0.05) is 55.4 Å². The quantitative estimate of drug-likeness (QED) is 0.193. The summed E-state index contributed by atoms with van der Waals surface area (Å²) in [5.41, 5.74) is 4.94. The summed E-state index contributed by atoms with van der Waals surface area (Å²) < 4.78 is 44.3. The first-order chi connectivity index (χ1) is 20.5. The molecule has 0 aliphatic rings. The van der Waals surface area contributed by atoms with Gasteiger partial charge >= 0.3 is 5.97 Å². The fourth-order valence-electron chi connectivity index (χ4n) is 4.79. The van der Waals surface area contributed by atoms with Crippen LogP contribution in [0.4, 0.5) is 5.69 Å². The third kappa shape index (κ3) is 6.08. The third-order valence-corrected chi connectivity index (χ3v) is 8.56. The summed E-state index contributed by atoms with van der Waals surface area (Å²) in [6.45, 7) is 7.13. The van der Waals surface area contributed by atoms with Crippen molar-refractivity contribution in [2.45, 2.75) is 38.6 Å². The number of aromatic nitrogens is 1. The van der Waals surface area contributed by atoms with Crippen LogP contribution in [-0.4, -0.2) is 38.6 Å². The molecule has 1 atom stereocenters. The summed E-state index contributed by atoms with van der Waals surface area (Å²) in [6, 6.07) is 19.8. The molecule has 2 aromatic heterocycles. The number of ether oxygens (including phenoxy) is 1. The second kappa shape index (κ2) is 11.9. The van der Waals surface area contributed by atoms with Gasteiger partial charge in [0.15, 0.2) is 11.5 Å². The Kier molecular flexibility index (Phi) is 8.21. The molecule has 2 N–H and O–H groups in total. The highest BCUT2D eigenvalue weighted by Gasteiger charge is 2.29. The molecule has 0 bridgehead atoms. The molecule has 1 amide bonds. The van der Waals surface area contributed by atoms with Crippen LogP contribution in [0.5, 0.6) is 0 Å². The number of rotatable bonds is 9. The van der Waals surface area contributed by atoms with Gasteiger partial charge in [-0.2, -0.15) is 4.72 Å². The molecular weight excluding hydrogens is 570 g/mol. The Morgan fingerprint density at radius 2 is 1.58 bits per heavy atom. The van der Waals surface area contributed by atoms with Crippen LogP contribution in [-0.2, 0) is 19.6 Å². The predicted octanol–water partition coefficient (Wildman–Crippen LogP) is 6.10. The summed E-state index contributed by atoms with van der Waals surface area (Å²) >= 11 is 0. The number of benzene rings is 3. The largest absolute Gasteiger partial charge is 0.468 e. The summed E-state index contributed by atoms with van der Waals surface area (Å²) in [7, 11) is -2.73. The zero-order valence-electron chi connectivity index (χ0n) is 24.3. The average molecular weight is 602 g/mol. The van der Waals surface area contributed by atoms with Crippen molar-refractivity contribution in [3.8, 4) is 22.5 Å². The molecule has 0 saturated heterocycles. The molecule has 0 fully saturated rings. The fourth-order valence-corrected chi connectivity index (χ4v) is 6.13. The average Bonchev–Trinajstić information content (AvgIpc) is 3.58. The highest BCUT2D eigenvalue weighted by molar-refractivity contribution is 7.89. The topological polar surface area (TPSA) is 141 Å². The number of carbonyl (C=O) groups is 2. The maximum Gasteiger partial charge on any atom is 0.324 e. The van der Waals surface area contributed by atoms with Crippen molar-refractivity contribution >= 4 is 38.6 Å². The molecule has 10 nitrogen and oxygen atoms in total. The molecule has 43 heavy (non-hydrogen) atoms. The number of carbonyl (C=O) groups excluding carboxylic acids is 2. The Labute approximate surface area is 249 Å². The van der Waals surface area contributed by atoms with E-state index in [2.05, 4.69) is 15.2 Å². The van der Waals surface area contributed by atoms with Gasteiger partial charge in [0.2, 0.25) is 10.0 Å². The molecule has 5 aromatic rings. The minimum atomic E-state index is -3.95. The van der Waals surface area contributed by atoms with Gasteiger partial charge in [-0.05, 0) is 61.2 Å². The Balaban J connectivity index is 1.31. The summed E-state index contributed by atoms with van der Waals surface area (Å²) in [5, 5.41) is 7.63. The van der Waals surface area contributed by atoms with Crippen molar-refractivity contribution in [3.63, 3.8) is 0 Å². The standard InChI is InChI=1S/C32H31N3O7S/c1-18(2)29(32(37)40-5)35-43(38,39)24-15-11-22(12-16-24)21-9-13-23(14-10-21)33-31(36)30-20(4)28-25(7-6-8-26(28)41-30)27-17-19(3)34-42-27/h6-18,29,35H,1-5H3,(H,33,36). The van der Waals surface area contributed by atoms with Crippen molar-refractivity contribution in [1.82, 2.24) is 9.88 Å². The molecule has 0 aliphatic heterocycles. The van der Waals surface area contributed by atoms with Crippen molar-refractivity contribution in [2.24, 2.45) is 5.92 Å². The van der Waals surface area contributed by atoms with Crippen molar-refractivity contribution in [1.29, 1.82) is 0 Å². The van der Waals surface area contributed by atoms with Gasteiger partial charge in [0.25, 0.3) is 5.91 Å². The second-order valence-electron chi connectivity index (χ2n) is 10.5. The molecular formula is C32H31N3O7S. The van der Waals surface area contributed by atoms with Crippen molar-refractivity contribution in [2.75, 3.05) is 12.4 Å². The number of fused-ring (bicyclic) bond motifs is 1. The molecule has 0 spiro atoms. The van der Waals surface area contributed by atoms with E-state index in [1.807, 2.05) is 44.2 Å². The van der Waals surface area contributed by atoms with Gasteiger partial charge in [0.1, 0.15) is 11.6 Å². The SMILES string of the molecule is COC(=O)C(NS(=O)(=O)c1ccc(-c2ccc(NC(=O)c3oc4cccc(-c5cc(C)no5)c4c3C)cc2)cc1)C(C)C. The zero-order chi connectivity index (χ0) is 30.9. The van der Waals surface area contributed by atoms with Gasteiger partial charge < -0.3 is 19.0 Å². The second-order valence-corrected chi connectivity index (χ2v) is 12.2. The van der Waals surface area contributed by atoms with Crippen LogP contribution in [0.25, 0.3) is 33.4 Å². The monoisotopic (exact) mass is 601 g/mol. The highest BCUT2D eigenvalue weighted by Crippen LogP contribution is 2.35. The number of methoxy groups -OCH3 is 1. The van der Waals surface area contributed by atoms with E-state index in [1.54, 1.807) is 44.2 Å². The third-order valence-electron chi connectivity index (χ3n) is 7.10. The summed E-state index contributed by atoms with van der Waals surface area (Å²) in [4.78, 5) is 25.2. The van der Waals surface area contributed by atoms with Crippen LogP contribution in [0, 0.1) is 19.8 Å². The molecule has 0 saturated carbocycles. The minimum absolute atomic E-state index is 0.0255. The van der Waals surface area contributed by atoms with Gasteiger partial charge in [-0.3, -0.25) is 9.59 Å². The van der Waals surface area contributed by atoms with Gasteiger partial charge in [-0.25, -0.2) is 8.42 Å². The summed E-state index contributed by atoms with van der Waals surface area (Å²) in [5.74, 6) is -0.547. The Bertz CT molecular complexity index is 1900. The van der Waals surface area contributed by atoms with E-state index in [4.69, 9.17) is 13.7 Å². The van der Waals surface area contributed by atoms with Crippen LogP contribution in [0.15, 0.2) is 86.6 Å². The van der Waals surface area contributed by atoms with Gasteiger partial charge in [-0.15, -0.1) is 0 Å². The Hall–Kier alpha value is -4.74. The Morgan fingerprint density at radius 3 is 2.16 bits per heavy atom. The maximum absolute atomic E-state index is 13.2. The number of amides is 1. The molecule has 5 rings (SSSR count). The molecule has 11 heteroatoms. The van der Waals surface area contributed by atoms with E-state index < -0.39 is 27.9 Å². The zero-order valence-corrected chi connectivity index (χ0v) is 25.1. The maximum atomic E-state index is 13.2. The van der Waals surface area contributed by atoms with E-state index in [-0.39, 0.29) is 16.6 Å². The normalized spacial score (nSPS) is 12.4. The first-order valence-electron chi connectivity index (χ1n) is 13.6. The van der Waals surface area contributed by atoms with Crippen molar-refractivity contribution in [3.05, 3.63) is 89.8 Å². The molecule has 2 heterocycles. The highest BCUT2D eigenvalue weighted by atomic mass is 32.2.